The van der Waals surface area contributed by atoms with Crippen LogP contribution in [-0.4, -0.2) is 22.3 Å². The summed E-state index contributed by atoms with van der Waals surface area (Å²) in [5.74, 6) is 0.283. The molecule has 0 bridgehead atoms. The van der Waals surface area contributed by atoms with Gasteiger partial charge in [-0.1, -0.05) is 12.1 Å². The number of rotatable bonds is 2. The fourth-order valence-corrected chi connectivity index (χ4v) is 2.97. The lowest BCUT2D eigenvalue weighted by molar-refractivity contribution is -0.129. The van der Waals surface area contributed by atoms with Crippen LogP contribution < -0.4 is 0 Å². The SMILES string of the molecule is Cc1cccc2[nH]cc(C(C)N3CCCC3=O)c12. The maximum Gasteiger partial charge on any atom is 0.223 e. The molecule has 0 spiro atoms. The Morgan fingerprint density at radius 2 is 2.22 bits per heavy atom. The predicted octanol–water partition coefficient (Wildman–Crippen LogP) is 3.16. The zero-order valence-electron chi connectivity index (χ0n) is 10.9. The van der Waals surface area contributed by atoms with Gasteiger partial charge in [-0.3, -0.25) is 4.79 Å². The van der Waals surface area contributed by atoms with E-state index in [4.69, 9.17) is 0 Å². The van der Waals surface area contributed by atoms with Gasteiger partial charge in [0.25, 0.3) is 0 Å². The average Bonchev–Trinajstić information content (AvgIpc) is 2.95. The molecule has 1 unspecified atom stereocenters. The lowest BCUT2D eigenvalue weighted by Crippen LogP contribution is -2.27. The molecule has 1 aliphatic heterocycles. The average molecular weight is 242 g/mol. The smallest absolute Gasteiger partial charge is 0.223 e. The lowest BCUT2D eigenvalue weighted by Gasteiger charge is -2.24. The van der Waals surface area contributed by atoms with Crippen LogP contribution >= 0.6 is 0 Å². The van der Waals surface area contributed by atoms with E-state index < -0.39 is 0 Å². The van der Waals surface area contributed by atoms with Crippen molar-refractivity contribution in [2.24, 2.45) is 0 Å². The van der Waals surface area contributed by atoms with E-state index in [1.165, 1.54) is 16.5 Å². The van der Waals surface area contributed by atoms with Crippen molar-refractivity contribution in [3.8, 4) is 0 Å². The van der Waals surface area contributed by atoms with Crippen molar-refractivity contribution in [3.05, 3.63) is 35.5 Å². The minimum Gasteiger partial charge on any atom is -0.361 e. The van der Waals surface area contributed by atoms with E-state index in [9.17, 15) is 4.79 Å². The quantitative estimate of drug-likeness (QED) is 0.862. The van der Waals surface area contributed by atoms with Gasteiger partial charge in [0.2, 0.25) is 5.91 Å². The van der Waals surface area contributed by atoms with E-state index in [2.05, 4.69) is 37.0 Å². The van der Waals surface area contributed by atoms with Crippen molar-refractivity contribution in [2.45, 2.75) is 32.7 Å². The number of hydrogen-bond donors (Lipinski definition) is 1. The first-order valence-corrected chi connectivity index (χ1v) is 6.54. The summed E-state index contributed by atoms with van der Waals surface area (Å²) in [5, 5.41) is 1.27. The lowest BCUT2D eigenvalue weighted by atomic mass is 10.0. The summed E-state index contributed by atoms with van der Waals surface area (Å²) in [6.07, 6.45) is 3.74. The molecule has 2 aromatic rings. The number of aryl methyl sites for hydroxylation is 1. The Morgan fingerprint density at radius 1 is 1.39 bits per heavy atom. The molecule has 1 amide bonds. The largest absolute Gasteiger partial charge is 0.361 e. The number of hydrogen-bond acceptors (Lipinski definition) is 1. The van der Waals surface area contributed by atoms with Gasteiger partial charge < -0.3 is 9.88 Å². The normalized spacial score (nSPS) is 17.7. The minimum absolute atomic E-state index is 0.162. The highest BCUT2D eigenvalue weighted by Gasteiger charge is 2.27. The van der Waals surface area contributed by atoms with Crippen LogP contribution in [0.2, 0.25) is 0 Å². The van der Waals surface area contributed by atoms with Crippen LogP contribution in [0.1, 0.15) is 36.9 Å². The second kappa shape index (κ2) is 4.16. The molecule has 3 heteroatoms. The van der Waals surface area contributed by atoms with Crippen LogP contribution in [0.25, 0.3) is 10.9 Å². The van der Waals surface area contributed by atoms with Crippen molar-refractivity contribution >= 4 is 16.8 Å². The Bertz CT molecular complexity index is 600. The Morgan fingerprint density at radius 3 is 2.94 bits per heavy atom. The highest BCUT2D eigenvalue weighted by Crippen LogP contribution is 2.32. The molecule has 1 aromatic heterocycles. The first kappa shape index (κ1) is 11.3. The van der Waals surface area contributed by atoms with Crippen LogP contribution in [0.4, 0.5) is 0 Å². The molecule has 2 heterocycles. The first-order valence-electron chi connectivity index (χ1n) is 6.54. The summed E-state index contributed by atoms with van der Waals surface area (Å²) in [6.45, 7) is 5.13. The zero-order valence-corrected chi connectivity index (χ0v) is 10.9. The summed E-state index contributed by atoms with van der Waals surface area (Å²) in [6, 6.07) is 6.43. The number of nitrogens with zero attached hydrogens (tertiary/aromatic N) is 1. The second-order valence-electron chi connectivity index (χ2n) is 5.11. The molecule has 0 aliphatic carbocycles. The Kier molecular flexibility index (Phi) is 2.62. The van der Waals surface area contributed by atoms with Crippen LogP contribution in [0.3, 0.4) is 0 Å². The van der Waals surface area contributed by atoms with Gasteiger partial charge >= 0.3 is 0 Å². The fraction of sp³-hybridized carbons (Fsp3) is 0.400. The number of carbonyl (C=O) groups is 1. The number of carbonyl (C=O) groups excluding carboxylic acids is 1. The second-order valence-corrected chi connectivity index (χ2v) is 5.11. The van der Waals surface area contributed by atoms with E-state index in [-0.39, 0.29) is 11.9 Å². The fourth-order valence-electron chi connectivity index (χ4n) is 2.97. The molecule has 1 saturated heterocycles. The third-order valence-corrected chi connectivity index (χ3v) is 3.97. The number of likely N-dealkylation sites (tertiary alicyclic amines) is 1. The summed E-state index contributed by atoms with van der Waals surface area (Å²) in [5.41, 5.74) is 3.66. The van der Waals surface area contributed by atoms with Crippen molar-refractivity contribution in [1.82, 2.24) is 9.88 Å². The number of aromatic nitrogens is 1. The van der Waals surface area contributed by atoms with Crippen molar-refractivity contribution in [3.63, 3.8) is 0 Å². The number of benzene rings is 1. The van der Waals surface area contributed by atoms with Crippen LogP contribution in [0.15, 0.2) is 24.4 Å². The molecule has 1 aromatic carbocycles. The highest BCUT2D eigenvalue weighted by molar-refractivity contribution is 5.87. The maximum absolute atomic E-state index is 11.8. The molecular weight excluding hydrogens is 224 g/mol. The van der Waals surface area contributed by atoms with E-state index in [1.54, 1.807) is 0 Å². The molecule has 94 valence electrons. The molecule has 0 radical (unpaired) electrons. The molecular formula is C15H18N2O. The Labute approximate surface area is 107 Å². The molecule has 18 heavy (non-hydrogen) atoms. The van der Waals surface area contributed by atoms with Crippen molar-refractivity contribution in [2.75, 3.05) is 6.54 Å². The maximum atomic E-state index is 11.8. The van der Waals surface area contributed by atoms with Crippen molar-refractivity contribution in [1.29, 1.82) is 0 Å². The zero-order chi connectivity index (χ0) is 12.7. The molecule has 1 atom stereocenters. The van der Waals surface area contributed by atoms with Gasteiger partial charge in [0.1, 0.15) is 0 Å². The first-order chi connectivity index (χ1) is 8.68. The van der Waals surface area contributed by atoms with E-state index in [1.807, 2.05) is 11.1 Å². The number of nitrogens with one attached hydrogen (secondary N) is 1. The number of fused-ring (bicyclic) bond motifs is 1. The summed E-state index contributed by atoms with van der Waals surface area (Å²) < 4.78 is 0. The van der Waals surface area contributed by atoms with Crippen LogP contribution in [-0.2, 0) is 4.79 Å². The highest BCUT2D eigenvalue weighted by atomic mass is 16.2. The number of H-pyrrole nitrogens is 1. The van der Waals surface area contributed by atoms with Gasteiger partial charge in [-0.25, -0.2) is 0 Å². The van der Waals surface area contributed by atoms with E-state index >= 15 is 0 Å². The van der Waals surface area contributed by atoms with Crippen LogP contribution in [0, 0.1) is 6.92 Å². The van der Waals surface area contributed by atoms with E-state index in [0.717, 1.165) is 18.5 Å². The number of aromatic amines is 1. The topological polar surface area (TPSA) is 36.1 Å². The van der Waals surface area contributed by atoms with Gasteiger partial charge in [-0.2, -0.15) is 0 Å². The third kappa shape index (κ3) is 1.62. The Hall–Kier alpha value is -1.77. The van der Waals surface area contributed by atoms with E-state index in [0.29, 0.717) is 6.42 Å². The summed E-state index contributed by atoms with van der Waals surface area (Å²) in [7, 11) is 0. The molecule has 0 saturated carbocycles. The molecule has 1 N–H and O–H groups in total. The third-order valence-electron chi connectivity index (χ3n) is 3.97. The molecule has 1 fully saturated rings. The molecule has 1 aliphatic rings. The predicted molar refractivity (Wildman–Crippen MR) is 72.4 cm³/mol. The minimum atomic E-state index is 0.162. The summed E-state index contributed by atoms with van der Waals surface area (Å²) >= 11 is 0. The van der Waals surface area contributed by atoms with Gasteiger partial charge in [0.05, 0.1) is 6.04 Å². The van der Waals surface area contributed by atoms with Gasteiger partial charge in [-0.05, 0) is 37.5 Å². The van der Waals surface area contributed by atoms with Gasteiger partial charge in [-0.15, -0.1) is 0 Å². The standard InChI is InChI=1S/C15H18N2O/c1-10-5-3-6-13-15(10)12(9-16-13)11(2)17-8-4-7-14(17)18/h3,5-6,9,11,16H,4,7-8H2,1-2H3. The van der Waals surface area contributed by atoms with Crippen LogP contribution in [0.5, 0.6) is 0 Å². The number of amides is 1. The Balaban J connectivity index is 2.06. The van der Waals surface area contributed by atoms with Crippen molar-refractivity contribution < 1.29 is 4.79 Å². The van der Waals surface area contributed by atoms with Gasteiger partial charge in [0, 0.05) is 30.1 Å². The summed E-state index contributed by atoms with van der Waals surface area (Å²) in [4.78, 5) is 17.2. The monoisotopic (exact) mass is 242 g/mol. The van der Waals surface area contributed by atoms with Gasteiger partial charge in [0.15, 0.2) is 0 Å². The molecule has 3 nitrogen and oxygen atoms in total. The molecule has 3 rings (SSSR count).